The lowest BCUT2D eigenvalue weighted by Crippen LogP contribution is -1.85. The van der Waals surface area contributed by atoms with Crippen LogP contribution < -0.4 is 0 Å². The van der Waals surface area contributed by atoms with Gasteiger partial charge in [-0.15, -0.1) is 0 Å². The van der Waals surface area contributed by atoms with Crippen molar-refractivity contribution in [1.29, 1.82) is 0 Å². The minimum absolute atomic E-state index is 1.09. The van der Waals surface area contributed by atoms with Gasteiger partial charge >= 0.3 is 0 Å². The number of hydrogen-bond donors (Lipinski definition) is 0. The Morgan fingerprint density at radius 2 is 0.242 bits per heavy atom. The van der Waals surface area contributed by atoms with E-state index in [-0.39, 0.29) is 0 Å². The van der Waals surface area contributed by atoms with Crippen LogP contribution in [0.25, 0.3) is 0 Å². The lowest BCUT2D eigenvalue weighted by molar-refractivity contribution is 0.504. The Morgan fingerprint density at radius 3 is 0.330 bits per heavy atom. The van der Waals surface area contributed by atoms with Gasteiger partial charge in [-0.1, -0.05) is 164 Å². The maximum Gasteiger partial charge on any atom is 0 e. The van der Waals surface area contributed by atoms with Crippen molar-refractivity contribution in [2.75, 3.05) is 0 Å². The van der Waals surface area contributed by atoms with Gasteiger partial charge in [-0.2, -0.15) is 0 Å². The molecular weight excluding hydrogens is 1090 g/mol. The molecule has 0 unspecified atom stereocenters. The molecule has 0 amide bonds. The van der Waals surface area contributed by atoms with Crippen molar-refractivity contribution < 1.29 is 0 Å². The fraction of sp³-hybridized carbons (Fsp3) is 0.297. The van der Waals surface area contributed by atoms with Crippen LogP contribution in [0.15, 0.2) is 34.4 Å². The van der Waals surface area contributed by atoms with Crippen LogP contribution in [0.2, 0.25) is 0 Å². The molecule has 0 aliphatic heterocycles. The third kappa shape index (κ3) is 63.9. The average Bonchev–Trinajstić information content (AvgIpc) is 2.51. The Kier molecular flexibility index (Phi) is 58.7. The summed E-state index contributed by atoms with van der Waals surface area (Å²) in [6, 6.07) is 0. The van der Waals surface area contributed by atoms with Crippen LogP contribution in [-0.4, -0.2) is 0 Å². The van der Waals surface area contributed by atoms with Crippen LogP contribution >= 0.6 is 0 Å². The molecule has 0 aromatic rings. The van der Waals surface area contributed by atoms with E-state index < -0.39 is 0 Å². The minimum Gasteiger partial charge on any atom is -0.0925 e. The first-order valence-electron chi connectivity index (χ1n) is 29.4. The summed E-state index contributed by atoms with van der Waals surface area (Å²) < 4.78 is 0. The molecule has 0 nitrogen and oxygen atoms in total. The van der Waals surface area contributed by atoms with Gasteiger partial charge in [0.25, 0.3) is 0 Å². The molecule has 0 atom stereocenters. The Labute approximate surface area is 550 Å². The first-order valence-corrected chi connectivity index (χ1v) is 29.4. The third-order valence-corrected chi connectivity index (χ3v) is 11.3. The maximum atomic E-state index is 2.63. The Morgan fingerprint density at radius 1 is 0.154 bits per heavy atom. The number of rotatable bonds is 0. The second kappa shape index (κ2) is 69.0. The second-order valence-electron chi connectivity index (χ2n) is 17.8. The van der Waals surface area contributed by atoms with Gasteiger partial charge in [0.15, 0.2) is 0 Å². The molecule has 91 heavy (non-hydrogen) atoms. The monoisotopic (exact) mass is 1150 g/mol. The van der Waals surface area contributed by atoms with Crippen LogP contribution in [0, 0.1) is 343 Å². The maximum absolute atomic E-state index is 2.63. The first-order chi connectivity index (χ1) is 45.0. The van der Waals surface area contributed by atoms with E-state index in [1.807, 2.05) is 0 Å². The third-order valence-electron chi connectivity index (χ3n) is 11.3. The number of allylic oxidation sites excluding steroid dienone is 6. The molecule has 1 fully saturated rings. The molecule has 1 saturated carbocycles. The second-order valence-corrected chi connectivity index (χ2v) is 17.8. The molecular formula is C91H62. The fourth-order valence-electron chi connectivity index (χ4n) is 6.66. The van der Waals surface area contributed by atoms with Crippen LogP contribution in [0.5, 0.6) is 0 Å². The van der Waals surface area contributed by atoms with E-state index in [1.165, 1.54) is 151 Å². The quantitative estimate of drug-likeness (QED) is 0.212. The lowest BCUT2D eigenvalue weighted by atomic mass is 10.0. The van der Waals surface area contributed by atoms with Crippen molar-refractivity contribution >= 4 is 0 Å². The highest BCUT2D eigenvalue weighted by Gasteiger charge is 2.03. The molecule has 2 rings (SSSR count). The van der Waals surface area contributed by atoms with Gasteiger partial charge < -0.3 is 0 Å². The summed E-state index contributed by atoms with van der Waals surface area (Å²) in [4.78, 5) is 0. The van der Waals surface area contributed by atoms with Gasteiger partial charge in [0, 0.05) is 237 Å². The lowest BCUT2D eigenvalue weighted by Gasteiger charge is -2.05. The van der Waals surface area contributed by atoms with E-state index in [9.17, 15) is 0 Å². The zero-order chi connectivity index (χ0) is 65.6. The molecule has 0 aromatic heterocycles. The summed E-state index contributed by atoms with van der Waals surface area (Å²) in [6.07, 6.45) is 35.7. The van der Waals surface area contributed by atoms with Gasteiger partial charge in [-0.25, -0.2) is 0 Å². The summed E-state index contributed by atoms with van der Waals surface area (Å²) in [5, 5.41) is 0. The molecule has 0 radical (unpaired) electrons. The van der Waals surface area contributed by atoms with E-state index in [1.54, 1.807) is 13.8 Å². The highest BCUT2D eigenvalue weighted by Crippen LogP contribution is 2.23. The van der Waals surface area contributed by atoms with Crippen LogP contribution in [0.3, 0.4) is 0 Å². The van der Waals surface area contributed by atoms with E-state index in [4.69, 9.17) is 0 Å². The van der Waals surface area contributed by atoms with Crippen molar-refractivity contribution in [3.63, 3.8) is 0 Å². The predicted octanol–water partition coefficient (Wildman–Crippen LogP) is 12.5. The topological polar surface area (TPSA) is 0 Å². The van der Waals surface area contributed by atoms with Crippen molar-refractivity contribution in [3.05, 3.63) is 34.4 Å². The standard InChI is InChI=1S/C60H6.C20H40.C11H16/c1-3-5-7-9-11-13-15-17-19-21-23-25-27-29-31-33-35-37-39-41-43-45-47-49-51-53-55-57-59-60-58-56-54-52-50-48-46-44-42-40-38-36-34-32-30-28-26-24-22-20-18-16-14-12-10-8-6-4-2;1-2-4-6-8-10-12-14-16-18-20-19-17-15-13-11-9-7-5-3-1;1-8-6-5-7-9(2)11(4)10(8)3/h1-2H3;1-20H2;6-7H,5H2,1-4H3. The normalized spacial score (nSPS) is 10.2. The number of hydrogen-bond acceptors (Lipinski definition) is 0. The summed E-state index contributed by atoms with van der Waals surface area (Å²) in [7, 11) is 0. The van der Waals surface area contributed by atoms with Crippen molar-refractivity contribution in [1.82, 2.24) is 0 Å². The van der Waals surface area contributed by atoms with Crippen LogP contribution in [0.1, 0.15) is 176 Å². The molecule has 426 valence electrons. The van der Waals surface area contributed by atoms with Gasteiger partial charge in [-0.3, -0.25) is 0 Å². The van der Waals surface area contributed by atoms with E-state index in [0.29, 0.717) is 0 Å². The summed E-state index contributed by atoms with van der Waals surface area (Å²) in [5.74, 6) is 146. The van der Waals surface area contributed by atoms with Crippen molar-refractivity contribution in [2.24, 2.45) is 0 Å². The van der Waals surface area contributed by atoms with E-state index >= 15 is 0 Å². The largest absolute Gasteiger partial charge is 0.0925 e. The minimum atomic E-state index is 1.09. The molecule has 0 heterocycles. The predicted molar refractivity (Wildman–Crippen MR) is 380 cm³/mol. The molecule has 0 saturated heterocycles. The van der Waals surface area contributed by atoms with E-state index in [2.05, 4.69) is 383 Å². The van der Waals surface area contributed by atoms with Gasteiger partial charge in [-0.05, 0) is 154 Å². The van der Waals surface area contributed by atoms with Crippen molar-refractivity contribution in [2.45, 2.75) is 176 Å². The molecule has 0 N–H and O–H groups in total. The van der Waals surface area contributed by atoms with Crippen LogP contribution in [0.4, 0.5) is 0 Å². The summed E-state index contributed by atoms with van der Waals surface area (Å²) >= 11 is 0. The molecule has 2 aliphatic rings. The Bertz CT molecular complexity index is 4310. The van der Waals surface area contributed by atoms with Gasteiger partial charge in [0.2, 0.25) is 0 Å². The first kappa shape index (κ1) is 77.5. The zero-order valence-corrected chi connectivity index (χ0v) is 53.0. The Hall–Kier alpha value is -13.5. The Balaban J connectivity index is 0.00000209. The molecule has 2 aliphatic carbocycles. The molecule has 0 heteroatoms. The molecule has 0 spiro atoms. The highest BCUT2D eigenvalue weighted by molar-refractivity contribution is 5.52. The van der Waals surface area contributed by atoms with Crippen LogP contribution in [-0.2, 0) is 0 Å². The van der Waals surface area contributed by atoms with Gasteiger partial charge in [0.1, 0.15) is 0 Å². The highest BCUT2D eigenvalue weighted by atomic mass is 14.1. The summed E-state index contributed by atoms with van der Waals surface area (Å²) in [6.45, 7) is 12.1. The van der Waals surface area contributed by atoms with Crippen molar-refractivity contribution in [3.8, 4) is 343 Å². The average molecular weight is 1160 g/mol. The fourth-order valence-corrected chi connectivity index (χ4v) is 6.66. The smallest absolute Gasteiger partial charge is 0 e. The van der Waals surface area contributed by atoms with E-state index in [0.717, 1.165) is 6.42 Å². The molecule has 0 aromatic carbocycles. The zero-order valence-electron chi connectivity index (χ0n) is 53.0. The van der Waals surface area contributed by atoms with Gasteiger partial charge in [0.05, 0.1) is 0 Å². The SMILES string of the molecule is C1CCCCCCCCCCCCCCCCCCC1.CC#CC#CC#CC#CC#CC#CC#CC#CC#CC#CC#CC#CC#CC#CC#CC#CC#CC#CC#CC#CC#CC#CC#CC#CC#CC#CC#CC#CC#CC.CC1=CCC=C(C)C(C)=C1C. The summed E-state index contributed by atoms with van der Waals surface area (Å²) in [5.41, 5.74) is 5.73. The molecule has 0 bridgehead atoms.